The van der Waals surface area contributed by atoms with Crippen molar-refractivity contribution < 1.29 is 21.6 Å². The molecule has 1 N–H and O–H groups in total. The molecule has 0 fully saturated rings. The fourth-order valence-electron chi connectivity index (χ4n) is 2.82. The summed E-state index contributed by atoms with van der Waals surface area (Å²) in [5, 5.41) is 6.86. The number of hydrogen-bond donors (Lipinski definition) is 1. The van der Waals surface area contributed by atoms with Gasteiger partial charge in [0.05, 0.1) is 29.6 Å². The molecule has 0 saturated heterocycles. The van der Waals surface area contributed by atoms with Crippen LogP contribution in [-0.2, 0) is 16.4 Å². The van der Waals surface area contributed by atoms with Gasteiger partial charge in [-0.1, -0.05) is 12.1 Å². The predicted molar refractivity (Wildman–Crippen MR) is 107 cm³/mol. The molecule has 31 heavy (non-hydrogen) atoms. The standard InChI is InChI=1S/C19H16F2N6O3S/c1-12(9-17-22-10-13(20)11-23-17)31(28,29)26-19-25-24-18(16-7-4-8-30-16)27(19)15-6-3-2-5-14(15)21/h2-8,10-12H,9H2,1H3,(H,25,26)/t12-/m1/s1. The third-order valence-corrected chi connectivity index (χ3v) is 6.10. The van der Waals surface area contributed by atoms with Gasteiger partial charge in [-0.25, -0.2) is 27.2 Å². The second-order valence-corrected chi connectivity index (χ2v) is 8.69. The lowest BCUT2D eigenvalue weighted by atomic mass is 10.3. The highest BCUT2D eigenvalue weighted by molar-refractivity contribution is 7.93. The molecule has 12 heteroatoms. The Morgan fingerprint density at radius 2 is 1.84 bits per heavy atom. The Labute approximate surface area is 175 Å². The van der Waals surface area contributed by atoms with Crippen LogP contribution in [0.1, 0.15) is 12.7 Å². The van der Waals surface area contributed by atoms with Crippen molar-refractivity contribution in [3.63, 3.8) is 0 Å². The van der Waals surface area contributed by atoms with Crippen LogP contribution in [0.15, 0.2) is 59.5 Å². The van der Waals surface area contributed by atoms with Crippen molar-refractivity contribution in [2.45, 2.75) is 18.6 Å². The van der Waals surface area contributed by atoms with E-state index in [4.69, 9.17) is 4.42 Å². The third-order valence-electron chi connectivity index (χ3n) is 4.41. The maximum Gasteiger partial charge on any atom is 0.243 e. The number of aromatic nitrogens is 5. The molecular weight excluding hydrogens is 430 g/mol. The highest BCUT2D eigenvalue weighted by Gasteiger charge is 2.27. The molecule has 1 atom stereocenters. The minimum absolute atomic E-state index is 0.0334. The molecule has 0 aliphatic carbocycles. The highest BCUT2D eigenvalue weighted by atomic mass is 32.2. The van der Waals surface area contributed by atoms with Crippen LogP contribution in [0.5, 0.6) is 0 Å². The summed E-state index contributed by atoms with van der Waals surface area (Å²) in [5.74, 6) is -0.907. The van der Waals surface area contributed by atoms with Gasteiger partial charge in [0.2, 0.25) is 21.8 Å². The number of sulfonamides is 1. The fraction of sp³-hybridized carbons (Fsp3) is 0.158. The maximum absolute atomic E-state index is 14.5. The topological polar surface area (TPSA) is 116 Å². The molecule has 0 aliphatic heterocycles. The summed E-state index contributed by atoms with van der Waals surface area (Å²) >= 11 is 0. The van der Waals surface area contributed by atoms with Crippen molar-refractivity contribution in [3.05, 3.63) is 72.5 Å². The normalized spacial score (nSPS) is 12.6. The summed E-state index contributed by atoms with van der Waals surface area (Å²) < 4.78 is 62.2. The zero-order valence-corrected chi connectivity index (χ0v) is 16.9. The molecule has 9 nitrogen and oxygen atoms in total. The zero-order chi connectivity index (χ0) is 22.0. The van der Waals surface area contributed by atoms with Crippen LogP contribution in [0, 0.1) is 11.6 Å². The zero-order valence-electron chi connectivity index (χ0n) is 16.1. The van der Waals surface area contributed by atoms with Crippen molar-refractivity contribution in [2.24, 2.45) is 0 Å². The van der Waals surface area contributed by atoms with Crippen LogP contribution in [0.25, 0.3) is 17.3 Å². The lowest BCUT2D eigenvalue weighted by Crippen LogP contribution is -2.29. The van der Waals surface area contributed by atoms with E-state index in [-0.39, 0.29) is 35.5 Å². The Morgan fingerprint density at radius 1 is 1.10 bits per heavy atom. The smallest absolute Gasteiger partial charge is 0.243 e. The molecular formula is C19H16F2N6O3S. The number of hydrogen-bond acceptors (Lipinski definition) is 7. The monoisotopic (exact) mass is 446 g/mol. The molecule has 0 aliphatic rings. The molecule has 1 aromatic carbocycles. The summed E-state index contributed by atoms with van der Waals surface area (Å²) in [6.45, 7) is 1.44. The predicted octanol–water partition coefficient (Wildman–Crippen LogP) is 2.97. The molecule has 4 rings (SSSR count). The molecule has 0 saturated carbocycles. The van der Waals surface area contributed by atoms with Crippen molar-refractivity contribution in [3.8, 4) is 17.3 Å². The third kappa shape index (κ3) is 4.28. The number of furan rings is 1. The van der Waals surface area contributed by atoms with Crippen molar-refractivity contribution >= 4 is 16.0 Å². The number of benzene rings is 1. The molecule has 0 unspecified atom stereocenters. The Balaban J connectivity index is 1.69. The summed E-state index contributed by atoms with van der Waals surface area (Å²) in [6, 6.07) is 8.99. The first-order valence-electron chi connectivity index (χ1n) is 9.07. The highest BCUT2D eigenvalue weighted by Crippen LogP contribution is 2.28. The minimum atomic E-state index is -4.02. The first-order chi connectivity index (χ1) is 14.8. The van der Waals surface area contributed by atoms with Crippen molar-refractivity contribution in [2.75, 3.05) is 4.72 Å². The summed E-state index contributed by atoms with van der Waals surface area (Å²) in [6.07, 6.45) is 3.25. The van der Waals surface area contributed by atoms with Crippen LogP contribution < -0.4 is 4.72 Å². The van der Waals surface area contributed by atoms with Gasteiger partial charge in [0, 0.05) is 6.42 Å². The minimum Gasteiger partial charge on any atom is -0.461 e. The van der Waals surface area contributed by atoms with Gasteiger partial charge < -0.3 is 4.42 Å². The van der Waals surface area contributed by atoms with Gasteiger partial charge in [-0.15, -0.1) is 10.2 Å². The number of rotatable bonds is 7. The van der Waals surface area contributed by atoms with Crippen molar-refractivity contribution in [1.29, 1.82) is 0 Å². The van der Waals surface area contributed by atoms with E-state index in [9.17, 15) is 17.2 Å². The van der Waals surface area contributed by atoms with E-state index in [1.54, 1.807) is 18.2 Å². The van der Waals surface area contributed by atoms with E-state index in [2.05, 4.69) is 24.9 Å². The molecule has 0 amide bonds. The Morgan fingerprint density at radius 3 is 2.52 bits per heavy atom. The van der Waals surface area contributed by atoms with Crippen LogP contribution in [-0.4, -0.2) is 38.4 Å². The number of anilines is 1. The molecule has 0 spiro atoms. The SMILES string of the molecule is C[C@H](Cc1ncc(F)cn1)S(=O)(=O)Nc1nnc(-c2ccco2)n1-c1ccccc1F. The van der Waals surface area contributed by atoms with Crippen LogP contribution in [0.2, 0.25) is 0 Å². The van der Waals surface area contributed by atoms with Crippen LogP contribution >= 0.6 is 0 Å². The molecule has 3 aromatic heterocycles. The molecule has 0 radical (unpaired) electrons. The Kier molecular flexibility index (Phi) is 5.46. The first-order valence-corrected chi connectivity index (χ1v) is 10.6. The van der Waals surface area contributed by atoms with Gasteiger partial charge in [0.1, 0.15) is 11.6 Å². The van der Waals surface area contributed by atoms with Gasteiger partial charge in [0.25, 0.3) is 0 Å². The maximum atomic E-state index is 14.5. The average molecular weight is 446 g/mol. The van der Waals surface area contributed by atoms with E-state index in [0.717, 1.165) is 12.4 Å². The first kappa shape index (κ1) is 20.6. The van der Waals surface area contributed by atoms with Gasteiger partial charge in [-0.2, -0.15) is 0 Å². The molecule has 0 bridgehead atoms. The molecule has 3 heterocycles. The number of halogens is 2. The largest absolute Gasteiger partial charge is 0.461 e. The average Bonchev–Trinajstić information content (AvgIpc) is 3.40. The van der Waals surface area contributed by atoms with E-state index >= 15 is 0 Å². The number of nitrogens with one attached hydrogen (secondary N) is 1. The molecule has 160 valence electrons. The second-order valence-electron chi connectivity index (χ2n) is 6.59. The summed E-state index contributed by atoms with van der Waals surface area (Å²) in [7, 11) is -4.02. The number of para-hydroxylation sites is 1. The van der Waals surface area contributed by atoms with Crippen molar-refractivity contribution in [1.82, 2.24) is 24.7 Å². The Bertz CT molecular complexity index is 1290. The van der Waals surface area contributed by atoms with Gasteiger partial charge in [-0.05, 0) is 31.2 Å². The van der Waals surface area contributed by atoms with Gasteiger partial charge in [-0.3, -0.25) is 9.29 Å². The summed E-state index contributed by atoms with van der Waals surface area (Å²) in [4.78, 5) is 7.56. The van der Waals surface area contributed by atoms with E-state index < -0.39 is 26.9 Å². The second kappa shape index (κ2) is 8.22. The lowest BCUT2D eigenvalue weighted by Gasteiger charge is -2.15. The lowest BCUT2D eigenvalue weighted by molar-refractivity contribution is 0.573. The number of nitrogens with zero attached hydrogens (tertiary/aromatic N) is 5. The quantitative estimate of drug-likeness (QED) is 0.464. The summed E-state index contributed by atoms with van der Waals surface area (Å²) in [5.41, 5.74) is 0.0334. The molecule has 4 aromatic rings. The van der Waals surface area contributed by atoms with Gasteiger partial charge >= 0.3 is 0 Å². The fourth-order valence-corrected chi connectivity index (χ4v) is 3.77. The van der Waals surface area contributed by atoms with Crippen LogP contribution in [0.3, 0.4) is 0 Å². The van der Waals surface area contributed by atoms with Gasteiger partial charge in [0.15, 0.2) is 11.6 Å². The van der Waals surface area contributed by atoms with E-state index in [1.165, 1.54) is 36.0 Å². The Hall–Kier alpha value is -3.67. The van der Waals surface area contributed by atoms with Crippen LogP contribution in [0.4, 0.5) is 14.7 Å². The van der Waals surface area contributed by atoms with E-state index in [1.807, 2.05) is 0 Å². The van der Waals surface area contributed by atoms with E-state index in [0.29, 0.717) is 0 Å².